The van der Waals surface area contributed by atoms with Crippen molar-refractivity contribution in [3.63, 3.8) is 0 Å². The lowest BCUT2D eigenvalue weighted by Crippen LogP contribution is -2.34. The Balaban J connectivity index is 1.82. The SMILES string of the molecule is C1CC(C2CCO2)CO1. The summed E-state index contributed by atoms with van der Waals surface area (Å²) in [6, 6.07) is 0. The first-order chi connectivity index (χ1) is 4.47. The van der Waals surface area contributed by atoms with E-state index in [0.29, 0.717) is 6.10 Å². The van der Waals surface area contributed by atoms with E-state index in [2.05, 4.69) is 0 Å². The third-order valence-corrected chi connectivity index (χ3v) is 2.22. The molecule has 0 aliphatic carbocycles. The molecule has 2 rings (SSSR count). The molecule has 0 amide bonds. The van der Waals surface area contributed by atoms with E-state index in [-0.39, 0.29) is 0 Å². The standard InChI is InChI=1S/C7H12O2/c1-3-8-5-6(1)7-2-4-9-7/h6-7H,1-5H2. The van der Waals surface area contributed by atoms with Gasteiger partial charge < -0.3 is 9.47 Å². The van der Waals surface area contributed by atoms with Gasteiger partial charge in [0.1, 0.15) is 0 Å². The van der Waals surface area contributed by atoms with E-state index < -0.39 is 0 Å². The lowest BCUT2D eigenvalue weighted by Gasteiger charge is -2.30. The van der Waals surface area contributed by atoms with Gasteiger partial charge in [-0.05, 0) is 12.8 Å². The lowest BCUT2D eigenvalue weighted by molar-refractivity contribution is -0.0849. The molecule has 2 heteroatoms. The Bertz CT molecular complexity index is 93.1. The molecule has 0 radical (unpaired) electrons. The summed E-state index contributed by atoms with van der Waals surface area (Å²) in [6.07, 6.45) is 3.02. The summed E-state index contributed by atoms with van der Waals surface area (Å²) in [4.78, 5) is 0. The molecular weight excluding hydrogens is 116 g/mol. The fourth-order valence-corrected chi connectivity index (χ4v) is 1.47. The van der Waals surface area contributed by atoms with Gasteiger partial charge in [0.2, 0.25) is 0 Å². The molecule has 0 N–H and O–H groups in total. The van der Waals surface area contributed by atoms with Crippen LogP contribution < -0.4 is 0 Å². The highest BCUT2D eigenvalue weighted by atomic mass is 16.5. The van der Waals surface area contributed by atoms with E-state index in [0.717, 1.165) is 25.7 Å². The average Bonchev–Trinajstić information content (AvgIpc) is 2.11. The number of hydrogen-bond acceptors (Lipinski definition) is 2. The van der Waals surface area contributed by atoms with Gasteiger partial charge in [-0.2, -0.15) is 0 Å². The zero-order valence-electron chi connectivity index (χ0n) is 5.51. The van der Waals surface area contributed by atoms with Crippen LogP contribution in [0.3, 0.4) is 0 Å². The normalized spacial score (nSPS) is 42.7. The van der Waals surface area contributed by atoms with Crippen molar-refractivity contribution in [2.75, 3.05) is 19.8 Å². The molecule has 0 spiro atoms. The smallest absolute Gasteiger partial charge is 0.0648 e. The van der Waals surface area contributed by atoms with E-state index in [1.165, 1.54) is 12.8 Å². The maximum Gasteiger partial charge on any atom is 0.0648 e. The van der Waals surface area contributed by atoms with Gasteiger partial charge in [0, 0.05) is 19.1 Å². The fourth-order valence-electron chi connectivity index (χ4n) is 1.47. The Labute approximate surface area is 55.1 Å². The molecule has 0 saturated carbocycles. The van der Waals surface area contributed by atoms with Crippen molar-refractivity contribution in [1.29, 1.82) is 0 Å². The lowest BCUT2D eigenvalue weighted by atomic mass is 9.96. The van der Waals surface area contributed by atoms with E-state index in [1.807, 2.05) is 0 Å². The molecule has 0 bridgehead atoms. The second kappa shape index (κ2) is 2.27. The van der Waals surface area contributed by atoms with Gasteiger partial charge in [-0.25, -0.2) is 0 Å². The molecule has 0 aromatic carbocycles. The summed E-state index contributed by atoms with van der Waals surface area (Å²) in [7, 11) is 0. The number of ether oxygens (including phenoxy) is 2. The van der Waals surface area contributed by atoms with Crippen molar-refractivity contribution in [3.05, 3.63) is 0 Å². The molecule has 0 aromatic heterocycles. The van der Waals surface area contributed by atoms with E-state index in [4.69, 9.17) is 9.47 Å². The van der Waals surface area contributed by atoms with Crippen LogP contribution in [0.5, 0.6) is 0 Å². The predicted molar refractivity (Wildman–Crippen MR) is 33.3 cm³/mol. The zero-order chi connectivity index (χ0) is 6.10. The van der Waals surface area contributed by atoms with Crippen LogP contribution in [0, 0.1) is 5.92 Å². The van der Waals surface area contributed by atoms with Crippen LogP contribution in [0.2, 0.25) is 0 Å². The Morgan fingerprint density at radius 3 is 2.44 bits per heavy atom. The fraction of sp³-hybridized carbons (Fsp3) is 1.00. The zero-order valence-corrected chi connectivity index (χ0v) is 5.51. The number of rotatable bonds is 1. The van der Waals surface area contributed by atoms with Gasteiger partial charge in [-0.3, -0.25) is 0 Å². The molecule has 2 aliphatic rings. The molecule has 2 aliphatic heterocycles. The first-order valence-electron chi connectivity index (χ1n) is 3.66. The molecular formula is C7H12O2. The van der Waals surface area contributed by atoms with Crippen LogP contribution in [0.25, 0.3) is 0 Å². The van der Waals surface area contributed by atoms with E-state index in [9.17, 15) is 0 Å². The van der Waals surface area contributed by atoms with Gasteiger partial charge in [-0.15, -0.1) is 0 Å². The van der Waals surface area contributed by atoms with Crippen molar-refractivity contribution in [1.82, 2.24) is 0 Å². The third-order valence-electron chi connectivity index (χ3n) is 2.22. The van der Waals surface area contributed by atoms with Gasteiger partial charge >= 0.3 is 0 Å². The van der Waals surface area contributed by atoms with Crippen LogP contribution in [0.15, 0.2) is 0 Å². The Morgan fingerprint density at radius 2 is 2.00 bits per heavy atom. The molecule has 9 heavy (non-hydrogen) atoms. The summed E-state index contributed by atoms with van der Waals surface area (Å²) in [5.41, 5.74) is 0. The molecule has 0 aromatic rings. The summed E-state index contributed by atoms with van der Waals surface area (Å²) < 4.78 is 10.6. The van der Waals surface area contributed by atoms with Crippen LogP contribution in [-0.2, 0) is 9.47 Å². The maximum atomic E-state index is 5.33. The Kier molecular flexibility index (Phi) is 1.44. The van der Waals surface area contributed by atoms with E-state index in [1.54, 1.807) is 0 Å². The van der Waals surface area contributed by atoms with E-state index >= 15 is 0 Å². The minimum Gasteiger partial charge on any atom is -0.381 e. The first kappa shape index (κ1) is 5.69. The summed E-state index contributed by atoms with van der Waals surface area (Å²) >= 11 is 0. The van der Waals surface area contributed by atoms with Gasteiger partial charge in [-0.1, -0.05) is 0 Å². The highest BCUT2D eigenvalue weighted by Crippen LogP contribution is 2.26. The van der Waals surface area contributed by atoms with Gasteiger partial charge in [0.25, 0.3) is 0 Å². The first-order valence-corrected chi connectivity index (χ1v) is 3.66. The van der Waals surface area contributed by atoms with Crippen molar-refractivity contribution in [2.45, 2.75) is 18.9 Å². The van der Waals surface area contributed by atoms with Crippen molar-refractivity contribution in [2.24, 2.45) is 5.92 Å². The largest absolute Gasteiger partial charge is 0.381 e. The molecule has 2 fully saturated rings. The predicted octanol–water partition coefficient (Wildman–Crippen LogP) is 0.812. The second-order valence-corrected chi connectivity index (χ2v) is 2.82. The summed E-state index contributed by atoms with van der Waals surface area (Å²) in [6.45, 7) is 2.86. The molecule has 2 nitrogen and oxygen atoms in total. The summed E-state index contributed by atoms with van der Waals surface area (Å²) in [5, 5.41) is 0. The van der Waals surface area contributed by atoms with Crippen molar-refractivity contribution < 1.29 is 9.47 Å². The van der Waals surface area contributed by atoms with Crippen LogP contribution in [0.4, 0.5) is 0 Å². The molecule has 52 valence electrons. The molecule has 2 saturated heterocycles. The van der Waals surface area contributed by atoms with Gasteiger partial charge in [0.15, 0.2) is 0 Å². The third kappa shape index (κ3) is 0.970. The number of hydrogen-bond donors (Lipinski definition) is 0. The summed E-state index contributed by atoms with van der Waals surface area (Å²) in [5.74, 6) is 0.721. The highest BCUT2D eigenvalue weighted by molar-refractivity contribution is 4.78. The monoisotopic (exact) mass is 128 g/mol. The maximum absolute atomic E-state index is 5.33. The van der Waals surface area contributed by atoms with Crippen LogP contribution >= 0.6 is 0 Å². The minimum atomic E-state index is 0.549. The highest BCUT2D eigenvalue weighted by Gasteiger charge is 2.30. The van der Waals surface area contributed by atoms with Crippen LogP contribution in [0.1, 0.15) is 12.8 Å². The molecule has 2 unspecified atom stereocenters. The topological polar surface area (TPSA) is 18.5 Å². The van der Waals surface area contributed by atoms with Crippen molar-refractivity contribution in [3.8, 4) is 0 Å². The quantitative estimate of drug-likeness (QED) is 0.520. The molecule has 2 heterocycles. The Morgan fingerprint density at radius 1 is 1.11 bits per heavy atom. The minimum absolute atomic E-state index is 0.549. The Hall–Kier alpha value is -0.0800. The van der Waals surface area contributed by atoms with Crippen molar-refractivity contribution >= 4 is 0 Å². The average molecular weight is 128 g/mol. The van der Waals surface area contributed by atoms with Gasteiger partial charge in [0.05, 0.1) is 12.7 Å². The van der Waals surface area contributed by atoms with Crippen LogP contribution in [-0.4, -0.2) is 25.9 Å². The molecule has 2 atom stereocenters. The second-order valence-electron chi connectivity index (χ2n) is 2.82.